The van der Waals surface area contributed by atoms with Crippen molar-refractivity contribution in [1.82, 2.24) is 5.32 Å². The van der Waals surface area contributed by atoms with Crippen LogP contribution in [0, 0.1) is 12.3 Å². The molecule has 0 rings (SSSR count). The summed E-state index contributed by atoms with van der Waals surface area (Å²) in [5.41, 5.74) is 0. The minimum atomic E-state index is -0.105. The number of rotatable bonds is 4. The van der Waals surface area contributed by atoms with E-state index in [1.807, 2.05) is 0 Å². The van der Waals surface area contributed by atoms with Crippen LogP contribution in [0.4, 0.5) is 0 Å². The maximum Gasteiger partial charge on any atom is 0.220 e. The van der Waals surface area contributed by atoms with Gasteiger partial charge in [-0.25, -0.2) is 0 Å². The van der Waals surface area contributed by atoms with Crippen molar-refractivity contribution < 1.29 is 9.90 Å². The summed E-state index contributed by atoms with van der Waals surface area (Å²) in [6, 6.07) is 0. The first-order valence-corrected chi connectivity index (χ1v) is 3.12. The molecule has 0 fully saturated rings. The summed E-state index contributed by atoms with van der Waals surface area (Å²) in [6.45, 7) is 0.313. The molecule has 2 N–H and O–H groups in total. The second kappa shape index (κ2) is 6.12. The zero-order chi connectivity index (χ0) is 7.82. The highest BCUT2D eigenvalue weighted by Gasteiger charge is 1.96. The Labute approximate surface area is 60.4 Å². The summed E-state index contributed by atoms with van der Waals surface area (Å²) < 4.78 is 0. The van der Waals surface area contributed by atoms with Gasteiger partial charge < -0.3 is 10.4 Å². The quantitative estimate of drug-likeness (QED) is 0.519. The second-order valence-electron chi connectivity index (χ2n) is 1.81. The second-order valence-corrected chi connectivity index (χ2v) is 1.81. The topological polar surface area (TPSA) is 49.3 Å². The molecule has 1 amide bonds. The summed E-state index contributed by atoms with van der Waals surface area (Å²) in [4.78, 5) is 10.6. The highest BCUT2D eigenvalue weighted by atomic mass is 16.3. The average Bonchev–Trinajstić information content (AvgIpc) is 1.97. The zero-order valence-corrected chi connectivity index (χ0v) is 5.76. The Hall–Kier alpha value is -1.01. The van der Waals surface area contributed by atoms with E-state index in [-0.39, 0.29) is 19.1 Å². The molecule has 3 nitrogen and oxygen atoms in total. The van der Waals surface area contributed by atoms with Gasteiger partial charge >= 0.3 is 0 Å². The number of hydrogen-bond donors (Lipinski definition) is 2. The lowest BCUT2D eigenvalue weighted by molar-refractivity contribution is -0.121. The molecule has 3 heteroatoms. The van der Waals surface area contributed by atoms with Crippen LogP contribution >= 0.6 is 0 Å². The Morgan fingerprint density at radius 1 is 1.70 bits per heavy atom. The number of aliphatic hydroxyl groups excluding tert-OH is 1. The summed E-state index contributed by atoms with van der Waals surface area (Å²) in [6.07, 6.45) is 5.73. The zero-order valence-electron chi connectivity index (χ0n) is 5.76. The molecule has 0 saturated heterocycles. The molecule has 0 aromatic carbocycles. The van der Waals surface area contributed by atoms with Gasteiger partial charge in [-0.05, 0) is 6.42 Å². The number of nitrogens with one attached hydrogen (secondary N) is 1. The molecule has 0 heterocycles. The fraction of sp³-hybridized carbons (Fsp3) is 0.571. The largest absolute Gasteiger partial charge is 0.396 e. The van der Waals surface area contributed by atoms with Crippen LogP contribution in [0.1, 0.15) is 12.8 Å². The van der Waals surface area contributed by atoms with Crippen molar-refractivity contribution in [3.8, 4) is 12.3 Å². The minimum absolute atomic E-state index is 0.0451. The van der Waals surface area contributed by atoms with E-state index >= 15 is 0 Å². The van der Waals surface area contributed by atoms with E-state index < -0.39 is 0 Å². The summed E-state index contributed by atoms with van der Waals surface area (Å²) in [5, 5.41) is 10.8. The van der Waals surface area contributed by atoms with Crippen molar-refractivity contribution in [2.24, 2.45) is 0 Å². The average molecular weight is 141 g/mol. The van der Waals surface area contributed by atoms with Crippen molar-refractivity contribution in [2.45, 2.75) is 12.8 Å². The smallest absolute Gasteiger partial charge is 0.220 e. The highest BCUT2D eigenvalue weighted by Crippen LogP contribution is 1.84. The van der Waals surface area contributed by atoms with E-state index in [1.165, 1.54) is 0 Å². The minimum Gasteiger partial charge on any atom is -0.396 e. The van der Waals surface area contributed by atoms with Crippen LogP contribution in [0.15, 0.2) is 0 Å². The third-order valence-electron chi connectivity index (χ3n) is 0.950. The Kier molecular flexibility index (Phi) is 5.50. The molecule has 0 aliphatic carbocycles. The van der Waals surface area contributed by atoms with Crippen molar-refractivity contribution >= 4 is 5.91 Å². The Morgan fingerprint density at radius 3 is 2.90 bits per heavy atom. The first-order valence-electron chi connectivity index (χ1n) is 3.12. The van der Waals surface area contributed by atoms with Gasteiger partial charge in [-0.3, -0.25) is 4.79 Å². The van der Waals surface area contributed by atoms with Gasteiger partial charge in [-0.15, -0.1) is 6.42 Å². The first kappa shape index (κ1) is 8.99. The fourth-order valence-corrected chi connectivity index (χ4v) is 0.478. The van der Waals surface area contributed by atoms with Gasteiger partial charge in [-0.1, -0.05) is 5.92 Å². The highest BCUT2D eigenvalue weighted by molar-refractivity contribution is 5.76. The number of terminal acetylenes is 1. The van der Waals surface area contributed by atoms with E-state index in [0.29, 0.717) is 12.8 Å². The van der Waals surface area contributed by atoms with Crippen molar-refractivity contribution in [3.63, 3.8) is 0 Å². The molecule has 0 bridgehead atoms. The van der Waals surface area contributed by atoms with Crippen LogP contribution in [0.2, 0.25) is 0 Å². The third-order valence-corrected chi connectivity index (χ3v) is 0.950. The predicted molar refractivity (Wildman–Crippen MR) is 38.2 cm³/mol. The summed E-state index contributed by atoms with van der Waals surface area (Å²) in [5.74, 6) is 2.18. The van der Waals surface area contributed by atoms with Gasteiger partial charge in [0.15, 0.2) is 0 Å². The molecule has 56 valence electrons. The molecule has 0 aromatic heterocycles. The van der Waals surface area contributed by atoms with Crippen LogP contribution in [-0.4, -0.2) is 24.2 Å². The third kappa shape index (κ3) is 5.13. The number of carbonyl (C=O) groups excluding carboxylic acids is 1. The van der Waals surface area contributed by atoms with Gasteiger partial charge in [0.2, 0.25) is 5.91 Å². The first-order chi connectivity index (χ1) is 4.81. The molecular formula is C7H11NO2. The van der Waals surface area contributed by atoms with Crippen molar-refractivity contribution in [3.05, 3.63) is 0 Å². The van der Waals surface area contributed by atoms with E-state index in [4.69, 9.17) is 11.5 Å². The lowest BCUT2D eigenvalue weighted by atomic mass is 10.3. The molecule has 0 spiro atoms. The maximum absolute atomic E-state index is 10.6. The molecule has 0 saturated carbocycles. The van der Waals surface area contributed by atoms with Crippen LogP contribution in [-0.2, 0) is 4.79 Å². The number of carbonyl (C=O) groups is 1. The van der Waals surface area contributed by atoms with E-state index in [1.54, 1.807) is 0 Å². The molecule has 0 aliphatic rings. The van der Waals surface area contributed by atoms with Crippen LogP contribution in [0.5, 0.6) is 0 Å². The standard InChI is InChI=1S/C7H11NO2/c1-2-5-8-7(10)4-3-6-9/h1,9H,3-6H2,(H,8,10). The SMILES string of the molecule is C#CCNC(=O)CCCO. The normalized spacial score (nSPS) is 8.40. The summed E-state index contributed by atoms with van der Waals surface area (Å²) in [7, 11) is 0. The van der Waals surface area contributed by atoms with Crippen LogP contribution in [0.3, 0.4) is 0 Å². The number of amides is 1. The number of hydrogen-bond acceptors (Lipinski definition) is 2. The molecule has 10 heavy (non-hydrogen) atoms. The number of aliphatic hydroxyl groups is 1. The van der Waals surface area contributed by atoms with Crippen LogP contribution < -0.4 is 5.32 Å². The van der Waals surface area contributed by atoms with Gasteiger partial charge in [0.25, 0.3) is 0 Å². The van der Waals surface area contributed by atoms with E-state index in [2.05, 4.69) is 11.2 Å². The van der Waals surface area contributed by atoms with Gasteiger partial charge in [0, 0.05) is 13.0 Å². The molecule has 0 atom stereocenters. The van der Waals surface area contributed by atoms with Crippen molar-refractivity contribution in [2.75, 3.05) is 13.2 Å². The molecule has 0 aliphatic heterocycles. The van der Waals surface area contributed by atoms with Gasteiger partial charge in [-0.2, -0.15) is 0 Å². The van der Waals surface area contributed by atoms with Gasteiger partial charge in [0.1, 0.15) is 0 Å². The van der Waals surface area contributed by atoms with Crippen LogP contribution in [0.25, 0.3) is 0 Å². The lowest BCUT2D eigenvalue weighted by Crippen LogP contribution is -2.23. The van der Waals surface area contributed by atoms with E-state index in [0.717, 1.165) is 0 Å². The Balaban J connectivity index is 3.19. The molecular weight excluding hydrogens is 130 g/mol. The van der Waals surface area contributed by atoms with Crippen molar-refractivity contribution in [1.29, 1.82) is 0 Å². The molecule has 0 unspecified atom stereocenters. The Bertz CT molecular complexity index is 137. The fourth-order valence-electron chi connectivity index (χ4n) is 0.478. The monoisotopic (exact) mass is 141 g/mol. The maximum atomic E-state index is 10.6. The van der Waals surface area contributed by atoms with E-state index in [9.17, 15) is 4.79 Å². The molecule has 0 radical (unpaired) electrons. The summed E-state index contributed by atoms with van der Waals surface area (Å²) >= 11 is 0. The lowest BCUT2D eigenvalue weighted by Gasteiger charge is -1.97. The Morgan fingerprint density at radius 2 is 2.40 bits per heavy atom. The molecule has 0 aromatic rings. The van der Waals surface area contributed by atoms with Gasteiger partial charge in [0.05, 0.1) is 6.54 Å². The predicted octanol–water partition coefficient (Wildman–Crippen LogP) is -0.492.